The Kier molecular flexibility index (Phi) is 4.39. The molecule has 0 aliphatic heterocycles. The Labute approximate surface area is 176 Å². The van der Waals surface area contributed by atoms with Gasteiger partial charge in [0.15, 0.2) is 0 Å². The van der Waals surface area contributed by atoms with Crippen LogP contribution in [0.5, 0.6) is 0 Å². The SMILES string of the molecule is Cc1nc(-c2[nH]ncc2-c2ccc3ncc(-c4cccn(C)c4=O)cc3n2)ccc1F. The van der Waals surface area contributed by atoms with Crippen LogP contribution in [0.3, 0.4) is 0 Å². The van der Waals surface area contributed by atoms with Crippen molar-refractivity contribution in [3.05, 3.63) is 82.9 Å². The third kappa shape index (κ3) is 3.28. The van der Waals surface area contributed by atoms with Crippen LogP contribution in [0.15, 0.2) is 65.8 Å². The summed E-state index contributed by atoms with van der Waals surface area (Å²) in [7, 11) is 1.71. The quantitative estimate of drug-likeness (QED) is 0.486. The fraction of sp³-hybridized carbons (Fsp3) is 0.0870. The second-order valence-corrected chi connectivity index (χ2v) is 7.22. The molecule has 8 heteroatoms. The van der Waals surface area contributed by atoms with Crippen LogP contribution in [0, 0.1) is 12.7 Å². The van der Waals surface area contributed by atoms with E-state index in [2.05, 4.69) is 20.2 Å². The van der Waals surface area contributed by atoms with E-state index in [1.807, 2.05) is 24.3 Å². The number of halogens is 1. The van der Waals surface area contributed by atoms with Crippen LogP contribution in [0.25, 0.3) is 44.8 Å². The number of hydrogen-bond acceptors (Lipinski definition) is 5. The first-order valence-electron chi connectivity index (χ1n) is 9.61. The summed E-state index contributed by atoms with van der Waals surface area (Å²) in [5, 5.41) is 7.07. The lowest BCUT2D eigenvalue weighted by molar-refractivity contribution is 0.610. The number of nitrogens with one attached hydrogen (secondary N) is 1. The van der Waals surface area contributed by atoms with Gasteiger partial charge in [0.1, 0.15) is 5.82 Å². The molecule has 0 unspecified atom stereocenters. The molecule has 5 aromatic rings. The summed E-state index contributed by atoms with van der Waals surface area (Å²) in [5.74, 6) is -0.362. The van der Waals surface area contributed by atoms with Crippen LogP contribution < -0.4 is 5.56 Å². The standard InChI is InChI=1S/C23H17FN6O/c1-13-17(24)5-6-20(27-13)22-16(12-26-29-22)18-7-8-19-21(28-18)10-14(11-25-19)15-4-3-9-30(2)23(15)31/h3-12H,1-2H3,(H,26,29). The number of nitrogens with zero attached hydrogens (tertiary/aromatic N) is 5. The third-order valence-electron chi connectivity index (χ3n) is 5.16. The van der Waals surface area contributed by atoms with E-state index in [4.69, 9.17) is 4.98 Å². The summed E-state index contributed by atoms with van der Waals surface area (Å²) in [5.41, 5.74) is 5.45. The van der Waals surface area contributed by atoms with E-state index in [0.29, 0.717) is 44.9 Å². The van der Waals surface area contributed by atoms with Gasteiger partial charge in [0.05, 0.1) is 40.0 Å². The van der Waals surface area contributed by atoms with Gasteiger partial charge in [-0.05, 0) is 49.4 Å². The van der Waals surface area contributed by atoms with Crippen molar-refractivity contribution >= 4 is 11.0 Å². The maximum absolute atomic E-state index is 13.6. The molecule has 5 rings (SSSR count). The second-order valence-electron chi connectivity index (χ2n) is 7.22. The van der Waals surface area contributed by atoms with Crippen molar-refractivity contribution < 1.29 is 4.39 Å². The molecule has 31 heavy (non-hydrogen) atoms. The Morgan fingerprint density at radius 3 is 2.65 bits per heavy atom. The van der Waals surface area contributed by atoms with E-state index in [0.717, 1.165) is 5.56 Å². The number of fused-ring (bicyclic) bond motifs is 1. The molecule has 0 spiro atoms. The lowest BCUT2D eigenvalue weighted by Crippen LogP contribution is -2.17. The van der Waals surface area contributed by atoms with Gasteiger partial charge in [0, 0.05) is 36.1 Å². The monoisotopic (exact) mass is 412 g/mol. The smallest absolute Gasteiger partial charge is 0.258 e. The highest BCUT2D eigenvalue weighted by atomic mass is 19.1. The Bertz CT molecular complexity index is 1500. The van der Waals surface area contributed by atoms with Gasteiger partial charge in [-0.3, -0.25) is 14.9 Å². The lowest BCUT2D eigenvalue weighted by atomic mass is 10.1. The molecule has 0 atom stereocenters. The second kappa shape index (κ2) is 7.24. The maximum atomic E-state index is 13.6. The van der Waals surface area contributed by atoms with Gasteiger partial charge >= 0.3 is 0 Å². The van der Waals surface area contributed by atoms with Crippen LogP contribution in [-0.2, 0) is 7.05 Å². The van der Waals surface area contributed by atoms with Gasteiger partial charge in [0.25, 0.3) is 5.56 Å². The Hall–Kier alpha value is -4.20. The summed E-state index contributed by atoms with van der Waals surface area (Å²) in [6.45, 7) is 1.62. The first-order valence-corrected chi connectivity index (χ1v) is 9.61. The molecular weight excluding hydrogens is 395 g/mol. The van der Waals surface area contributed by atoms with E-state index >= 15 is 0 Å². The molecule has 0 radical (unpaired) electrons. The minimum atomic E-state index is -0.362. The Morgan fingerprint density at radius 2 is 1.81 bits per heavy atom. The number of aromatic nitrogens is 6. The summed E-state index contributed by atoms with van der Waals surface area (Å²) in [4.78, 5) is 26.0. The van der Waals surface area contributed by atoms with Gasteiger partial charge in [-0.15, -0.1) is 0 Å². The first-order chi connectivity index (χ1) is 15.0. The highest BCUT2D eigenvalue weighted by Gasteiger charge is 2.15. The average molecular weight is 412 g/mol. The van der Waals surface area contributed by atoms with Gasteiger partial charge < -0.3 is 4.57 Å². The van der Waals surface area contributed by atoms with Gasteiger partial charge in [-0.25, -0.2) is 14.4 Å². The zero-order valence-corrected chi connectivity index (χ0v) is 16.8. The Balaban J connectivity index is 1.63. The number of rotatable bonds is 3. The Morgan fingerprint density at radius 1 is 0.968 bits per heavy atom. The van der Waals surface area contributed by atoms with Gasteiger partial charge in [0.2, 0.25) is 0 Å². The molecular formula is C23H17FN6O. The summed E-state index contributed by atoms with van der Waals surface area (Å²) >= 11 is 0. The number of pyridine rings is 4. The van der Waals surface area contributed by atoms with Crippen molar-refractivity contribution in [2.45, 2.75) is 6.92 Å². The fourth-order valence-electron chi connectivity index (χ4n) is 3.48. The van der Waals surface area contributed by atoms with Crippen molar-refractivity contribution in [3.63, 3.8) is 0 Å². The van der Waals surface area contributed by atoms with Gasteiger partial charge in [-0.2, -0.15) is 5.10 Å². The molecule has 0 fully saturated rings. The van der Waals surface area contributed by atoms with Gasteiger partial charge in [-0.1, -0.05) is 0 Å². The summed E-state index contributed by atoms with van der Waals surface area (Å²) in [6.07, 6.45) is 5.05. The number of aryl methyl sites for hydroxylation is 2. The van der Waals surface area contributed by atoms with Crippen LogP contribution in [-0.4, -0.2) is 29.7 Å². The van der Waals surface area contributed by atoms with Crippen molar-refractivity contribution in [1.82, 2.24) is 29.7 Å². The molecule has 0 bridgehead atoms. The average Bonchev–Trinajstić information content (AvgIpc) is 3.27. The molecule has 1 N–H and O–H groups in total. The topological polar surface area (TPSA) is 89.4 Å². The maximum Gasteiger partial charge on any atom is 0.258 e. The number of H-pyrrole nitrogens is 1. The van der Waals surface area contributed by atoms with E-state index in [-0.39, 0.29) is 11.4 Å². The first kappa shape index (κ1) is 18.8. The van der Waals surface area contributed by atoms with Crippen LogP contribution in [0.2, 0.25) is 0 Å². The predicted octanol–water partition coefficient (Wildman–Crippen LogP) is 3.90. The third-order valence-corrected chi connectivity index (χ3v) is 5.16. The van der Waals surface area contributed by atoms with E-state index in [1.54, 1.807) is 44.7 Å². The minimum absolute atomic E-state index is 0.102. The van der Waals surface area contributed by atoms with Crippen LogP contribution in [0.4, 0.5) is 4.39 Å². The predicted molar refractivity (Wildman–Crippen MR) is 116 cm³/mol. The van der Waals surface area contributed by atoms with E-state index in [9.17, 15) is 9.18 Å². The molecule has 0 aliphatic rings. The zero-order valence-electron chi connectivity index (χ0n) is 16.8. The molecule has 0 saturated heterocycles. The van der Waals surface area contributed by atoms with Crippen molar-refractivity contribution in [1.29, 1.82) is 0 Å². The molecule has 0 aliphatic carbocycles. The van der Waals surface area contributed by atoms with Crippen molar-refractivity contribution in [2.24, 2.45) is 7.05 Å². The molecule has 0 amide bonds. The largest absolute Gasteiger partial charge is 0.318 e. The molecule has 0 aromatic carbocycles. The van der Waals surface area contributed by atoms with Crippen molar-refractivity contribution in [3.8, 4) is 33.8 Å². The van der Waals surface area contributed by atoms with Crippen molar-refractivity contribution in [2.75, 3.05) is 0 Å². The molecule has 5 aromatic heterocycles. The molecule has 152 valence electrons. The number of aromatic amines is 1. The summed E-state index contributed by atoms with van der Waals surface area (Å²) < 4.78 is 15.2. The van der Waals surface area contributed by atoms with Crippen LogP contribution >= 0.6 is 0 Å². The highest BCUT2D eigenvalue weighted by molar-refractivity contribution is 5.85. The minimum Gasteiger partial charge on any atom is -0.318 e. The highest BCUT2D eigenvalue weighted by Crippen LogP contribution is 2.30. The molecule has 0 saturated carbocycles. The normalized spacial score (nSPS) is 11.2. The zero-order chi connectivity index (χ0) is 21.5. The van der Waals surface area contributed by atoms with E-state index in [1.165, 1.54) is 10.6 Å². The summed E-state index contributed by atoms with van der Waals surface area (Å²) in [6, 6.07) is 12.1. The van der Waals surface area contributed by atoms with E-state index < -0.39 is 0 Å². The van der Waals surface area contributed by atoms with Crippen LogP contribution in [0.1, 0.15) is 5.69 Å². The molecule has 5 heterocycles. The molecule has 7 nitrogen and oxygen atoms in total. The fourth-order valence-corrected chi connectivity index (χ4v) is 3.48. The number of hydrogen-bond donors (Lipinski definition) is 1. The lowest BCUT2D eigenvalue weighted by Gasteiger charge is -2.07.